The minimum atomic E-state index is -0.745. The molecule has 2 aliphatic rings. The second-order valence-electron chi connectivity index (χ2n) is 10.4. The predicted octanol–water partition coefficient (Wildman–Crippen LogP) is 4.67. The lowest BCUT2D eigenvalue weighted by atomic mass is 9.93. The van der Waals surface area contributed by atoms with Crippen LogP contribution in [0.5, 0.6) is 11.5 Å². The molecule has 1 fully saturated rings. The van der Waals surface area contributed by atoms with Gasteiger partial charge in [0.25, 0.3) is 0 Å². The van der Waals surface area contributed by atoms with Gasteiger partial charge in [0.15, 0.2) is 0 Å². The normalized spacial score (nSPS) is 19.3. The summed E-state index contributed by atoms with van der Waals surface area (Å²) in [5.41, 5.74) is 1.62. The van der Waals surface area contributed by atoms with Crippen LogP contribution >= 0.6 is 0 Å². The molecule has 2 atom stereocenters. The maximum Gasteiger partial charge on any atom is 0.338 e. The first-order valence-electron chi connectivity index (χ1n) is 14.5. The molecule has 2 N–H and O–H groups in total. The number of hydrogen-bond donors (Lipinski definition) is 2. The molecule has 0 aliphatic carbocycles. The zero-order chi connectivity index (χ0) is 30.1. The van der Waals surface area contributed by atoms with Gasteiger partial charge in [-0.25, -0.2) is 14.4 Å². The van der Waals surface area contributed by atoms with Crippen molar-refractivity contribution in [2.24, 2.45) is 0 Å². The highest BCUT2D eigenvalue weighted by molar-refractivity contribution is 5.95. The molecule has 2 aromatic rings. The highest BCUT2D eigenvalue weighted by Gasteiger charge is 2.39. The molecule has 224 valence electrons. The third kappa shape index (κ3) is 7.30. The van der Waals surface area contributed by atoms with Crippen LogP contribution in [0.15, 0.2) is 78.5 Å². The lowest BCUT2D eigenvalue weighted by molar-refractivity contribution is -0.139. The molecule has 42 heavy (non-hydrogen) atoms. The summed E-state index contributed by atoms with van der Waals surface area (Å²) < 4.78 is 11.6. The van der Waals surface area contributed by atoms with Crippen molar-refractivity contribution < 1.29 is 23.9 Å². The van der Waals surface area contributed by atoms with E-state index in [2.05, 4.69) is 22.1 Å². The summed E-state index contributed by atoms with van der Waals surface area (Å²) in [4.78, 5) is 45.3. The molecule has 0 saturated carbocycles. The number of para-hydroxylation sites is 1. The average Bonchev–Trinajstić information content (AvgIpc) is 2.98. The van der Waals surface area contributed by atoms with Gasteiger partial charge in [0.05, 0.1) is 18.2 Å². The summed E-state index contributed by atoms with van der Waals surface area (Å²) in [7, 11) is 0. The van der Waals surface area contributed by atoms with Crippen LogP contribution in [0.4, 0.5) is 9.59 Å². The lowest BCUT2D eigenvalue weighted by Crippen LogP contribution is -2.58. The number of carbonyl (C=O) groups is 3. The fourth-order valence-corrected chi connectivity index (χ4v) is 5.30. The number of esters is 1. The molecule has 2 aromatic carbocycles. The Kier molecular flexibility index (Phi) is 10.6. The number of nitrogens with zero attached hydrogens (tertiary/aromatic N) is 3. The Bertz CT molecular complexity index is 1300. The SMILES string of the molecule is C=CCN1C(=O)NC(c2cccc(Oc3ccccc3)c2)C(C(=O)OCC)=C1CN1CCN(C(=O)NCCC)C(C)C1. The number of hydrogen-bond acceptors (Lipinski definition) is 6. The van der Waals surface area contributed by atoms with Gasteiger partial charge < -0.3 is 25.0 Å². The number of carbonyl (C=O) groups excluding carboxylic acids is 3. The Morgan fingerprint density at radius 1 is 1.10 bits per heavy atom. The summed E-state index contributed by atoms with van der Waals surface area (Å²) in [6.45, 7) is 12.7. The van der Waals surface area contributed by atoms with Gasteiger partial charge in [-0.15, -0.1) is 6.58 Å². The van der Waals surface area contributed by atoms with E-state index in [1.54, 1.807) is 17.9 Å². The summed E-state index contributed by atoms with van der Waals surface area (Å²) in [5, 5.41) is 5.96. The molecule has 0 bridgehead atoms. The minimum absolute atomic E-state index is 0.0462. The van der Waals surface area contributed by atoms with E-state index in [1.165, 1.54) is 0 Å². The van der Waals surface area contributed by atoms with Crippen molar-refractivity contribution in [2.45, 2.75) is 39.3 Å². The summed E-state index contributed by atoms with van der Waals surface area (Å²) >= 11 is 0. The Hall–Kier alpha value is -4.31. The molecular weight excluding hydrogens is 534 g/mol. The first-order chi connectivity index (χ1) is 20.4. The summed E-state index contributed by atoms with van der Waals surface area (Å²) in [6.07, 6.45) is 2.50. The van der Waals surface area contributed by atoms with Crippen molar-refractivity contribution in [3.63, 3.8) is 0 Å². The second kappa shape index (κ2) is 14.5. The van der Waals surface area contributed by atoms with Crippen molar-refractivity contribution in [1.29, 1.82) is 0 Å². The zero-order valence-electron chi connectivity index (χ0n) is 24.7. The summed E-state index contributed by atoms with van der Waals surface area (Å²) in [6, 6.07) is 15.6. The van der Waals surface area contributed by atoms with E-state index in [-0.39, 0.29) is 31.3 Å². The Morgan fingerprint density at radius 2 is 1.86 bits per heavy atom. The third-order valence-corrected chi connectivity index (χ3v) is 7.29. The van der Waals surface area contributed by atoms with E-state index in [0.717, 1.165) is 6.42 Å². The fraction of sp³-hybridized carbons (Fsp3) is 0.406. The van der Waals surface area contributed by atoms with E-state index in [9.17, 15) is 14.4 Å². The quantitative estimate of drug-likeness (QED) is 0.298. The van der Waals surface area contributed by atoms with Crippen LogP contribution < -0.4 is 15.4 Å². The van der Waals surface area contributed by atoms with Crippen LogP contribution in [-0.4, -0.2) is 84.6 Å². The van der Waals surface area contributed by atoms with Crippen LogP contribution in [0.3, 0.4) is 0 Å². The highest BCUT2D eigenvalue weighted by Crippen LogP contribution is 2.34. The topological polar surface area (TPSA) is 103 Å². The van der Waals surface area contributed by atoms with Crippen molar-refractivity contribution in [3.8, 4) is 11.5 Å². The largest absolute Gasteiger partial charge is 0.463 e. The maximum absolute atomic E-state index is 13.6. The van der Waals surface area contributed by atoms with Crippen LogP contribution in [0.2, 0.25) is 0 Å². The van der Waals surface area contributed by atoms with Crippen molar-refractivity contribution in [3.05, 3.63) is 84.1 Å². The second-order valence-corrected chi connectivity index (χ2v) is 10.4. The van der Waals surface area contributed by atoms with Gasteiger partial charge in [0.1, 0.15) is 11.5 Å². The van der Waals surface area contributed by atoms with E-state index in [0.29, 0.717) is 61.1 Å². The number of amides is 4. The molecule has 4 rings (SSSR count). The monoisotopic (exact) mass is 575 g/mol. The fourth-order valence-electron chi connectivity index (χ4n) is 5.30. The van der Waals surface area contributed by atoms with Crippen LogP contribution in [-0.2, 0) is 9.53 Å². The van der Waals surface area contributed by atoms with Crippen molar-refractivity contribution in [1.82, 2.24) is 25.3 Å². The number of ether oxygens (including phenoxy) is 2. The van der Waals surface area contributed by atoms with Crippen molar-refractivity contribution >= 4 is 18.0 Å². The van der Waals surface area contributed by atoms with Gasteiger partial charge in [-0.1, -0.05) is 43.3 Å². The standard InChI is InChI=1S/C32H41N5O5/c1-5-16-33-31(39)36-19-18-35(21-23(36)4)22-27-28(30(38)41-7-3)29(34-32(40)37(27)17-6-2)24-12-11-15-26(20-24)42-25-13-9-8-10-14-25/h6,8-15,20,23,29H,2,5,7,16-19,21-22H2,1,3-4H3,(H,33,39)(H,34,40). The number of nitrogens with one attached hydrogen (secondary N) is 2. The van der Waals surface area contributed by atoms with Gasteiger partial charge in [-0.2, -0.15) is 0 Å². The lowest BCUT2D eigenvalue weighted by Gasteiger charge is -2.42. The molecule has 2 heterocycles. The van der Waals surface area contributed by atoms with Crippen LogP contribution in [0, 0.1) is 0 Å². The Balaban J connectivity index is 1.67. The minimum Gasteiger partial charge on any atom is -0.463 e. The third-order valence-electron chi connectivity index (χ3n) is 7.29. The van der Waals surface area contributed by atoms with Gasteiger partial charge in [0.2, 0.25) is 0 Å². The van der Waals surface area contributed by atoms with Crippen LogP contribution in [0.25, 0.3) is 0 Å². The van der Waals surface area contributed by atoms with E-state index in [1.807, 2.05) is 73.3 Å². The summed E-state index contributed by atoms with van der Waals surface area (Å²) in [5.74, 6) is 0.766. The first-order valence-corrected chi connectivity index (χ1v) is 14.5. The molecule has 10 nitrogen and oxygen atoms in total. The Morgan fingerprint density at radius 3 is 2.55 bits per heavy atom. The van der Waals surface area contributed by atoms with E-state index in [4.69, 9.17) is 9.47 Å². The Labute approximate surface area is 247 Å². The van der Waals surface area contributed by atoms with Crippen molar-refractivity contribution in [2.75, 3.05) is 45.9 Å². The number of benzene rings is 2. The molecule has 0 spiro atoms. The van der Waals surface area contributed by atoms with Gasteiger partial charge in [-0.3, -0.25) is 9.80 Å². The first kappa shape index (κ1) is 30.6. The van der Waals surface area contributed by atoms with Gasteiger partial charge >= 0.3 is 18.0 Å². The molecule has 4 amide bonds. The number of piperazine rings is 1. The molecule has 2 unspecified atom stereocenters. The molecule has 10 heteroatoms. The molecule has 0 radical (unpaired) electrons. The van der Waals surface area contributed by atoms with E-state index >= 15 is 0 Å². The number of rotatable bonds is 11. The zero-order valence-corrected chi connectivity index (χ0v) is 24.7. The molecular formula is C32H41N5O5. The molecule has 1 saturated heterocycles. The molecule has 2 aliphatic heterocycles. The number of urea groups is 2. The van der Waals surface area contributed by atoms with Crippen LogP contribution in [0.1, 0.15) is 38.8 Å². The van der Waals surface area contributed by atoms with Gasteiger partial charge in [-0.05, 0) is 50.1 Å². The predicted molar refractivity (Wildman–Crippen MR) is 161 cm³/mol. The van der Waals surface area contributed by atoms with E-state index < -0.39 is 12.0 Å². The highest BCUT2D eigenvalue weighted by atomic mass is 16.5. The van der Waals surface area contributed by atoms with Gasteiger partial charge in [0, 0.05) is 51.0 Å². The maximum atomic E-state index is 13.6. The molecule has 0 aromatic heterocycles. The average molecular weight is 576 g/mol. The smallest absolute Gasteiger partial charge is 0.338 e.